The molecule has 0 radical (unpaired) electrons. The van der Waals surface area contributed by atoms with Crippen LogP contribution in [0.5, 0.6) is 0 Å². The van der Waals surface area contributed by atoms with Crippen LogP contribution in [0.2, 0.25) is 0 Å². The Balaban J connectivity index is 1.09. The minimum atomic E-state index is -0.433. The number of amides is 2. The molecule has 2 heterocycles. The van der Waals surface area contributed by atoms with Crippen molar-refractivity contribution in [2.24, 2.45) is 0 Å². The maximum Gasteiger partial charge on any atom is 0.494 e. The van der Waals surface area contributed by atoms with Crippen LogP contribution in [0.4, 0.5) is 16.2 Å². The number of nitrogen functional groups attached to an aromatic ring is 1. The number of nitrogens with one attached hydrogen (secondary N) is 2. The molecule has 1 aliphatic heterocycles. The van der Waals surface area contributed by atoms with Gasteiger partial charge in [0.1, 0.15) is 0 Å². The molecule has 4 N–H and O–H groups in total. The lowest BCUT2D eigenvalue weighted by Gasteiger charge is -2.32. The summed E-state index contributed by atoms with van der Waals surface area (Å²) in [5.74, 6) is -0.278. The van der Waals surface area contributed by atoms with Crippen molar-refractivity contribution in [3.8, 4) is 11.1 Å². The fourth-order valence-corrected chi connectivity index (χ4v) is 5.15. The molecule has 8 nitrogen and oxygen atoms in total. The molecule has 6 rings (SSSR count). The summed E-state index contributed by atoms with van der Waals surface area (Å²) in [5.41, 5.74) is 11.4. The molecule has 0 bridgehead atoms. The summed E-state index contributed by atoms with van der Waals surface area (Å²) >= 11 is 0. The van der Waals surface area contributed by atoms with E-state index in [1.54, 1.807) is 29.0 Å². The molecule has 222 valence electrons. The van der Waals surface area contributed by atoms with Crippen molar-refractivity contribution in [2.45, 2.75) is 45.4 Å². The molecular weight excluding hydrogens is 551 g/mol. The Kier molecular flexibility index (Phi) is 7.53. The number of nitrogens with two attached hydrogens (primary N) is 1. The summed E-state index contributed by atoms with van der Waals surface area (Å²) in [6.45, 7) is 8.47. The van der Waals surface area contributed by atoms with Crippen molar-refractivity contribution in [3.05, 3.63) is 114 Å². The predicted octanol–water partition coefficient (Wildman–Crippen LogP) is 6.20. The second-order valence-corrected chi connectivity index (χ2v) is 12.1. The average Bonchev–Trinajstić information content (AvgIpc) is 3.54. The number of carbonyl (C=O) groups is 2. The number of hydrogen-bond acceptors (Lipinski definition) is 5. The molecular formula is C35H35BN4O4. The van der Waals surface area contributed by atoms with Gasteiger partial charge in [-0.2, -0.15) is 0 Å². The highest BCUT2D eigenvalue weighted by molar-refractivity contribution is 6.62. The van der Waals surface area contributed by atoms with E-state index < -0.39 is 18.3 Å². The Hall–Kier alpha value is -4.86. The van der Waals surface area contributed by atoms with Gasteiger partial charge in [-0.05, 0) is 86.2 Å². The van der Waals surface area contributed by atoms with Crippen LogP contribution in [0.25, 0.3) is 22.0 Å². The fraction of sp³-hybridized carbons (Fsp3) is 0.200. The number of fused-ring (bicyclic) bond motifs is 1. The van der Waals surface area contributed by atoms with Crippen LogP contribution >= 0.6 is 0 Å². The summed E-state index contributed by atoms with van der Waals surface area (Å²) < 4.78 is 13.9. The molecule has 2 amide bonds. The third-order valence-electron chi connectivity index (χ3n) is 8.55. The maximum absolute atomic E-state index is 13.1. The van der Waals surface area contributed by atoms with E-state index in [9.17, 15) is 9.59 Å². The molecule has 0 atom stereocenters. The molecule has 1 fully saturated rings. The van der Waals surface area contributed by atoms with Crippen molar-refractivity contribution in [1.82, 2.24) is 9.88 Å². The third kappa shape index (κ3) is 5.72. The zero-order valence-corrected chi connectivity index (χ0v) is 25.3. The first kappa shape index (κ1) is 29.2. The Labute approximate surface area is 257 Å². The van der Waals surface area contributed by atoms with Gasteiger partial charge in [0.05, 0.1) is 28.1 Å². The van der Waals surface area contributed by atoms with Crippen LogP contribution in [-0.2, 0) is 15.9 Å². The van der Waals surface area contributed by atoms with E-state index in [1.807, 2.05) is 107 Å². The quantitative estimate of drug-likeness (QED) is 0.162. The van der Waals surface area contributed by atoms with E-state index in [0.717, 1.165) is 33.1 Å². The van der Waals surface area contributed by atoms with E-state index in [0.29, 0.717) is 23.5 Å². The Bertz CT molecular complexity index is 1830. The highest BCUT2D eigenvalue weighted by Crippen LogP contribution is 2.36. The van der Waals surface area contributed by atoms with Gasteiger partial charge in [-0.15, -0.1) is 0 Å². The van der Waals surface area contributed by atoms with E-state index in [1.165, 1.54) is 0 Å². The molecule has 0 saturated carbocycles. The van der Waals surface area contributed by atoms with Gasteiger partial charge in [-0.3, -0.25) is 9.36 Å². The number of rotatable bonds is 6. The summed E-state index contributed by atoms with van der Waals surface area (Å²) in [4.78, 5) is 25.8. The van der Waals surface area contributed by atoms with E-state index in [4.69, 9.17) is 15.0 Å². The fourth-order valence-electron chi connectivity index (χ4n) is 5.15. The molecule has 0 spiro atoms. The summed E-state index contributed by atoms with van der Waals surface area (Å²) in [5, 5.41) is 6.87. The van der Waals surface area contributed by atoms with Crippen molar-refractivity contribution < 1.29 is 18.9 Å². The number of para-hydroxylation sites is 1. The predicted molar refractivity (Wildman–Crippen MR) is 176 cm³/mol. The molecule has 5 aromatic rings. The maximum atomic E-state index is 13.1. The second-order valence-electron chi connectivity index (χ2n) is 12.1. The minimum absolute atomic E-state index is 0.217. The van der Waals surface area contributed by atoms with Gasteiger partial charge < -0.3 is 25.7 Å². The SMILES string of the molecule is CC1(C)OB(c2ccc(-c3ccc(N)c(NC(=O)c4ccc(CNC(=O)n5ccc6ccccc65)cc4)c3)cc2)OC1(C)C. The standard InChI is InChI=1S/C35H35BN4O4/c1-34(2)35(3,4)44-36(43-34)28-16-13-24(14-17-28)27-15-18-29(37)30(21-27)39-32(41)26-11-9-23(10-12-26)22-38-33(42)40-20-19-25-7-5-6-8-31(25)40/h5-21H,22,37H2,1-4H3,(H,38,42)(H,39,41). The Morgan fingerprint density at radius 2 is 1.48 bits per heavy atom. The largest absolute Gasteiger partial charge is 0.494 e. The average molecular weight is 587 g/mol. The van der Waals surface area contributed by atoms with Crippen LogP contribution < -0.4 is 21.8 Å². The molecule has 0 unspecified atom stereocenters. The molecule has 44 heavy (non-hydrogen) atoms. The number of aromatic nitrogens is 1. The first-order chi connectivity index (χ1) is 21.0. The topological polar surface area (TPSA) is 108 Å². The van der Waals surface area contributed by atoms with E-state index in [2.05, 4.69) is 10.6 Å². The van der Waals surface area contributed by atoms with Gasteiger partial charge in [0.15, 0.2) is 0 Å². The van der Waals surface area contributed by atoms with Gasteiger partial charge in [0.2, 0.25) is 0 Å². The van der Waals surface area contributed by atoms with Gasteiger partial charge >= 0.3 is 13.1 Å². The van der Waals surface area contributed by atoms with Gasteiger partial charge in [0.25, 0.3) is 5.91 Å². The first-order valence-corrected chi connectivity index (χ1v) is 14.6. The number of nitrogens with zero attached hydrogens (tertiary/aromatic N) is 1. The minimum Gasteiger partial charge on any atom is -0.399 e. The lowest BCUT2D eigenvalue weighted by atomic mass is 9.78. The highest BCUT2D eigenvalue weighted by Gasteiger charge is 2.51. The number of carbonyl (C=O) groups excluding carboxylic acids is 2. The molecule has 0 aliphatic carbocycles. The van der Waals surface area contributed by atoms with Gasteiger partial charge in [-0.25, -0.2) is 4.79 Å². The van der Waals surface area contributed by atoms with Crippen LogP contribution in [0.1, 0.15) is 43.6 Å². The Morgan fingerprint density at radius 3 is 2.18 bits per heavy atom. The molecule has 1 aromatic heterocycles. The van der Waals surface area contributed by atoms with Crippen LogP contribution in [-0.4, -0.2) is 34.8 Å². The van der Waals surface area contributed by atoms with Crippen LogP contribution in [0, 0.1) is 0 Å². The van der Waals surface area contributed by atoms with Crippen molar-refractivity contribution in [1.29, 1.82) is 0 Å². The monoisotopic (exact) mass is 586 g/mol. The first-order valence-electron chi connectivity index (χ1n) is 14.6. The number of anilines is 2. The summed E-state index contributed by atoms with van der Waals surface area (Å²) in [7, 11) is -0.433. The Morgan fingerprint density at radius 1 is 0.818 bits per heavy atom. The van der Waals surface area contributed by atoms with Crippen molar-refractivity contribution >= 4 is 46.8 Å². The molecule has 4 aromatic carbocycles. The third-order valence-corrected chi connectivity index (χ3v) is 8.55. The van der Waals surface area contributed by atoms with E-state index in [-0.39, 0.29) is 11.9 Å². The van der Waals surface area contributed by atoms with Crippen molar-refractivity contribution in [3.63, 3.8) is 0 Å². The second kappa shape index (κ2) is 11.3. The van der Waals surface area contributed by atoms with Crippen molar-refractivity contribution in [2.75, 3.05) is 11.1 Å². The normalized spacial score (nSPS) is 15.3. The number of hydrogen-bond donors (Lipinski definition) is 3. The molecule has 9 heteroatoms. The van der Waals surface area contributed by atoms with E-state index >= 15 is 0 Å². The molecule has 1 saturated heterocycles. The van der Waals surface area contributed by atoms with Gasteiger partial charge in [0, 0.05) is 23.7 Å². The zero-order chi connectivity index (χ0) is 31.1. The smallest absolute Gasteiger partial charge is 0.399 e. The number of benzene rings is 4. The lowest BCUT2D eigenvalue weighted by molar-refractivity contribution is 0.00578. The summed E-state index contributed by atoms with van der Waals surface area (Å²) in [6.07, 6.45) is 1.75. The summed E-state index contributed by atoms with van der Waals surface area (Å²) in [6, 6.07) is 30.1. The van der Waals surface area contributed by atoms with Crippen LogP contribution in [0.3, 0.4) is 0 Å². The van der Waals surface area contributed by atoms with Crippen LogP contribution in [0.15, 0.2) is 103 Å². The molecule has 1 aliphatic rings. The highest BCUT2D eigenvalue weighted by atomic mass is 16.7. The zero-order valence-electron chi connectivity index (χ0n) is 25.3. The lowest BCUT2D eigenvalue weighted by Crippen LogP contribution is -2.41. The van der Waals surface area contributed by atoms with Gasteiger partial charge in [-0.1, -0.05) is 60.7 Å².